The number of para-hydroxylation sites is 1. The number of hydrogen-bond donors (Lipinski definition) is 4. The van der Waals surface area contributed by atoms with Crippen LogP contribution in [0.2, 0.25) is 5.02 Å². The first-order valence-electron chi connectivity index (χ1n) is 12.9. The average Bonchev–Trinajstić information content (AvgIpc) is 2.83. The summed E-state index contributed by atoms with van der Waals surface area (Å²) in [5.74, 6) is -3.48. The summed E-state index contributed by atoms with van der Waals surface area (Å²) in [5, 5.41) is 21.9. The van der Waals surface area contributed by atoms with Gasteiger partial charge in [-0.25, -0.2) is 9.59 Å². The third-order valence-corrected chi connectivity index (χ3v) is 7.00. The van der Waals surface area contributed by atoms with Gasteiger partial charge in [-0.05, 0) is 46.2 Å². The van der Waals surface area contributed by atoms with E-state index >= 15 is 0 Å². The predicted octanol–water partition coefficient (Wildman–Crippen LogP) is 3.30. The van der Waals surface area contributed by atoms with Gasteiger partial charge in [0, 0.05) is 48.9 Å². The Morgan fingerprint density at radius 1 is 1.12 bits per heavy atom. The molecular formula is C27H36ClF3N4O6. The molecule has 10 nitrogen and oxygen atoms in total. The Balaban J connectivity index is 0.000000642. The second-order valence-electron chi connectivity index (χ2n) is 11.3. The van der Waals surface area contributed by atoms with Gasteiger partial charge in [0.25, 0.3) is 0 Å². The Morgan fingerprint density at radius 2 is 1.71 bits per heavy atom. The van der Waals surface area contributed by atoms with Gasteiger partial charge in [0.05, 0.1) is 29.6 Å². The van der Waals surface area contributed by atoms with E-state index in [4.69, 9.17) is 21.8 Å². The van der Waals surface area contributed by atoms with Gasteiger partial charge in [-0.2, -0.15) is 13.2 Å². The molecule has 0 unspecified atom stereocenters. The molecule has 2 fully saturated rings. The fraction of sp³-hybridized carbons (Fsp3) is 0.556. The number of carboxylic acid groups (broad SMARTS) is 2. The van der Waals surface area contributed by atoms with Crippen molar-refractivity contribution >= 4 is 41.0 Å². The summed E-state index contributed by atoms with van der Waals surface area (Å²) in [6.45, 7) is 8.42. The van der Waals surface area contributed by atoms with Gasteiger partial charge in [0.15, 0.2) is 0 Å². The van der Waals surface area contributed by atoms with Crippen molar-refractivity contribution in [1.29, 1.82) is 0 Å². The molecule has 2 aliphatic heterocycles. The molecule has 2 aliphatic rings. The molecule has 0 bridgehead atoms. The third-order valence-electron chi connectivity index (χ3n) is 6.68. The van der Waals surface area contributed by atoms with Crippen LogP contribution >= 0.6 is 11.6 Å². The van der Waals surface area contributed by atoms with Crippen molar-refractivity contribution in [3.8, 4) is 0 Å². The Morgan fingerprint density at radius 3 is 2.24 bits per heavy atom. The molecule has 0 radical (unpaired) electrons. The molecule has 2 atom stereocenters. The summed E-state index contributed by atoms with van der Waals surface area (Å²) >= 11 is 6.32. The fourth-order valence-corrected chi connectivity index (χ4v) is 5.24. The maximum absolute atomic E-state index is 13.0. The highest BCUT2D eigenvalue weighted by molar-refractivity contribution is 6.33. The molecule has 228 valence electrons. The zero-order valence-electron chi connectivity index (χ0n) is 23.3. The number of carbonyl (C=O) groups excluding carboxylic acids is 2. The highest BCUT2D eigenvalue weighted by Crippen LogP contribution is 2.34. The Hall–Kier alpha value is -3.16. The number of alkyl halides is 3. The molecule has 4 N–H and O–H groups in total. The molecule has 1 aromatic carbocycles. The van der Waals surface area contributed by atoms with Crippen LogP contribution in [-0.4, -0.2) is 88.3 Å². The van der Waals surface area contributed by atoms with Crippen molar-refractivity contribution in [3.63, 3.8) is 0 Å². The molecule has 14 heteroatoms. The Bertz CT molecular complexity index is 1140. The van der Waals surface area contributed by atoms with E-state index in [1.54, 1.807) is 11.0 Å². The molecule has 0 aliphatic carbocycles. The standard InChI is InChI=1S/C23H32ClF3N4O2.C4H4O4/c1-21(2,13-23(25,26)27)29-20(33)15-9-16(11-28-10-15)31-12-19(32)30(14-22(31,3)4)18-8-6-5-7-17(18)24;5-3(6)1-2-4(7)8/h5-8,15-16,28H,9-14H2,1-4H3,(H,29,33);1-2H,(H,5,6)(H,7,8)/b;2-1+/t15-,16+;/m0./s1. The lowest BCUT2D eigenvalue weighted by Gasteiger charge is -2.51. The molecule has 2 amide bonds. The van der Waals surface area contributed by atoms with Gasteiger partial charge in [-0.3, -0.25) is 14.5 Å². The average molecular weight is 605 g/mol. The fourth-order valence-electron chi connectivity index (χ4n) is 5.00. The molecule has 0 spiro atoms. The second kappa shape index (κ2) is 13.7. The molecule has 0 aromatic heterocycles. The number of piperidine rings is 1. The monoisotopic (exact) mass is 604 g/mol. The molecule has 2 heterocycles. The zero-order chi connectivity index (χ0) is 31.2. The van der Waals surface area contributed by atoms with Crippen molar-refractivity contribution in [3.05, 3.63) is 41.4 Å². The number of hydrogen-bond acceptors (Lipinski definition) is 6. The van der Waals surface area contributed by atoms with E-state index in [1.165, 1.54) is 13.8 Å². The minimum absolute atomic E-state index is 0.0830. The molecule has 3 rings (SSSR count). The van der Waals surface area contributed by atoms with Crippen LogP contribution in [-0.2, 0) is 19.2 Å². The lowest BCUT2D eigenvalue weighted by atomic mass is 9.88. The van der Waals surface area contributed by atoms with Crippen molar-refractivity contribution in [2.75, 3.05) is 31.1 Å². The number of piperazine rings is 1. The summed E-state index contributed by atoms with van der Waals surface area (Å²) in [5.41, 5.74) is -1.12. The van der Waals surface area contributed by atoms with Crippen LogP contribution in [0.25, 0.3) is 0 Å². The van der Waals surface area contributed by atoms with E-state index in [9.17, 15) is 32.3 Å². The Labute approximate surface area is 241 Å². The topological polar surface area (TPSA) is 139 Å². The lowest BCUT2D eigenvalue weighted by Crippen LogP contribution is -2.67. The van der Waals surface area contributed by atoms with E-state index in [0.717, 1.165) is 0 Å². The second-order valence-corrected chi connectivity index (χ2v) is 11.7. The molecular weight excluding hydrogens is 569 g/mol. The molecule has 0 saturated carbocycles. The maximum atomic E-state index is 13.0. The predicted molar refractivity (Wildman–Crippen MR) is 147 cm³/mol. The van der Waals surface area contributed by atoms with Crippen molar-refractivity contribution < 1.29 is 42.6 Å². The van der Waals surface area contributed by atoms with Crippen molar-refractivity contribution in [2.45, 2.75) is 63.8 Å². The summed E-state index contributed by atoms with van der Waals surface area (Å²) in [7, 11) is 0. The van der Waals surface area contributed by atoms with E-state index in [2.05, 4.69) is 15.5 Å². The number of anilines is 1. The van der Waals surface area contributed by atoms with Gasteiger partial charge in [-0.1, -0.05) is 23.7 Å². The Kier molecular flexibility index (Phi) is 11.3. The number of amides is 2. The summed E-state index contributed by atoms with van der Waals surface area (Å²) in [4.78, 5) is 48.7. The number of aliphatic carboxylic acids is 2. The number of nitrogens with one attached hydrogen (secondary N) is 2. The van der Waals surface area contributed by atoms with E-state index < -0.39 is 47.4 Å². The SMILES string of the molecule is CC(C)(CC(F)(F)F)NC(=O)[C@@H]1CNC[C@H](N2CC(=O)N(c3ccccc3Cl)CC2(C)C)C1.O=C(O)/C=C/C(=O)O. The van der Waals surface area contributed by atoms with Crippen LogP contribution in [0.5, 0.6) is 0 Å². The highest BCUT2D eigenvalue weighted by Gasteiger charge is 2.45. The number of benzene rings is 1. The van der Waals surface area contributed by atoms with Crippen molar-refractivity contribution in [1.82, 2.24) is 15.5 Å². The van der Waals surface area contributed by atoms with E-state index in [-0.39, 0.29) is 18.5 Å². The largest absolute Gasteiger partial charge is 0.478 e. The normalized spacial score (nSPS) is 21.7. The van der Waals surface area contributed by atoms with Crippen molar-refractivity contribution in [2.24, 2.45) is 5.92 Å². The van der Waals surface area contributed by atoms with Gasteiger partial charge in [0.2, 0.25) is 11.8 Å². The first-order chi connectivity index (χ1) is 18.8. The van der Waals surface area contributed by atoms with Crippen LogP contribution in [0.1, 0.15) is 40.5 Å². The maximum Gasteiger partial charge on any atom is 0.391 e. The minimum atomic E-state index is -4.37. The first kappa shape index (κ1) is 34.0. The van der Waals surface area contributed by atoms with Crippen LogP contribution in [0, 0.1) is 5.92 Å². The van der Waals surface area contributed by atoms with E-state index in [0.29, 0.717) is 48.9 Å². The zero-order valence-corrected chi connectivity index (χ0v) is 24.1. The molecule has 1 aromatic rings. The van der Waals surface area contributed by atoms with Gasteiger partial charge >= 0.3 is 18.1 Å². The van der Waals surface area contributed by atoms with Crippen LogP contribution in [0.15, 0.2) is 36.4 Å². The van der Waals surface area contributed by atoms with Crippen LogP contribution < -0.4 is 15.5 Å². The molecule has 2 saturated heterocycles. The quantitative estimate of drug-likeness (QED) is 0.348. The molecule has 41 heavy (non-hydrogen) atoms. The highest BCUT2D eigenvalue weighted by atomic mass is 35.5. The number of carbonyl (C=O) groups is 4. The number of nitrogens with zero attached hydrogens (tertiary/aromatic N) is 2. The number of halogens is 4. The number of carboxylic acids is 2. The summed E-state index contributed by atoms with van der Waals surface area (Å²) in [6.07, 6.45) is -3.88. The summed E-state index contributed by atoms with van der Waals surface area (Å²) < 4.78 is 38.5. The van der Waals surface area contributed by atoms with Gasteiger partial charge in [0.1, 0.15) is 0 Å². The van der Waals surface area contributed by atoms with Crippen LogP contribution in [0.3, 0.4) is 0 Å². The van der Waals surface area contributed by atoms with Crippen LogP contribution in [0.4, 0.5) is 18.9 Å². The minimum Gasteiger partial charge on any atom is -0.478 e. The first-order valence-corrected chi connectivity index (χ1v) is 13.2. The van der Waals surface area contributed by atoms with E-state index in [1.807, 2.05) is 32.0 Å². The smallest absolute Gasteiger partial charge is 0.391 e. The third kappa shape index (κ3) is 10.6. The number of rotatable bonds is 7. The summed E-state index contributed by atoms with van der Waals surface area (Å²) in [6, 6.07) is 7.11. The van der Waals surface area contributed by atoms with Gasteiger partial charge < -0.3 is 25.7 Å². The van der Waals surface area contributed by atoms with Gasteiger partial charge in [-0.15, -0.1) is 0 Å². The lowest BCUT2D eigenvalue weighted by molar-refractivity contribution is -0.151.